The molecule has 1 saturated carbocycles. The van der Waals surface area contributed by atoms with Crippen molar-refractivity contribution in [2.45, 2.75) is 25.3 Å². The second kappa shape index (κ2) is 5.35. The van der Waals surface area contributed by atoms with Gasteiger partial charge >= 0.3 is 5.97 Å². The van der Waals surface area contributed by atoms with Crippen LogP contribution >= 0.6 is 0 Å². The fourth-order valence-electron chi connectivity index (χ4n) is 2.44. The van der Waals surface area contributed by atoms with Crippen molar-refractivity contribution in [1.29, 1.82) is 0 Å². The molecule has 1 aliphatic rings. The van der Waals surface area contributed by atoms with Crippen LogP contribution < -0.4 is 5.32 Å². The Balaban J connectivity index is 2.10. The van der Waals surface area contributed by atoms with Gasteiger partial charge < -0.3 is 15.5 Å². The van der Waals surface area contributed by atoms with E-state index in [1.54, 1.807) is 6.07 Å². The fraction of sp³-hybridized carbons (Fsp3) is 0.462. The van der Waals surface area contributed by atoms with E-state index in [-0.39, 0.29) is 24.1 Å². The highest BCUT2D eigenvalue weighted by molar-refractivity contribution is 5.88. The molecule has 0 saturated heterocycles. The lowest BCUT2D eigenvalue weighted by Crippen LogP contribution is -2.26. The Morgan fingerprint density at radius 3 is 2.83 bits per heavy atom. The smallest absolute Gasteiger partial charge is 0.338 e. The number of benzene rings is 1. The molecule has 0 spiro atoms. The zero-order valence-corrected chi connectivity index (χ0v) is 9.90. The number of carboxylic acid groups (broad SMARTS) is 1. The first kappa shape index (κ1) is 12.8. The quantitative estimate of drug-likeness (QED) is 0.768. The second-order valence-corrected chi connectivity index (χ2v) is 4.62. The zero-order valence-electron chi connectivity index (χ0n) is 9.90. The average molecular weight is 253 g/mol. The predicted octanol–water partition coefficient (Wildman–Crippen LogP) is 2.10. The molecule has 0 radical (unpaired) electrons. The van der Waals surface area contributed by atoms with Crippen molar-refractivity contribution in [3.05, 3.63) is 29.6 Å². The summed E-state index contributed by atoms with van der Waals surface area (Å²) in [7, 11) is 0. The number of aromatic carboxylic acids is 1. The van der Waals surface area contributed by atoms with Crippen LogP contribution in [0.15, 0.2) is 18.2 Å². The van der Waals surface area contributed by atoms with Gasteiger partial charge in [-0.05, 0) is 31.0 Å². The monoisotopic (exact) mass is 253 g/mol. The van der Waals surface area contributed by atoms with Crippen molar-refractivity contribution in [3.63, 3.8) is 0 Å². The summed E-state index contributed by atoms with van der Waals surface area (Å²) in [6.45, 7) is 0.118. The number of hydrogen-bond acceptors (Lipinski definition) is 3. The number of nitrogens with one attached hydrogen (secondary N) is 1. The van der Waals surface area contributed by atoms with Crippen LogP contribution in [0.25, 0.3) is 0 Å². The third-order valence-electron chi connectivity index (χ3n) is 3.45. The van der Waals surface area contributed by atoms with Crippen molar-refractivity contribution < 1.29 is 19.4 Å². The highest BCUT2D eigenvalue weighted by Crippen LogP contribution is 2.28. The third-order valence-corrected chi connectivity index (χ3v) is 3.45. The van der Waals surface area contributed by atoms with E-state index in [1.807, 2.05) is 0 Å². The minimum Gasteiger partial charge on any atom is -0.478 e. The van der Waals surface area contributed by atoms with E-state index in [2.05, 4.69) is 5.32 Å². The van der Waals surface area contributed by atoms with Gasteiger partial charge in [-0.3, -0.25) is 0 Å². The molecule has 2 unspecified atom stereocenters. The fourth-order valence-corrected chi connectivity index (χ4v) is 2.44. The van der Waals surface area contributed by atoms with Gasteiger partial charge in [-0.1, -0.05) is 6.42 Å². The summed E-state index contributed by atoms with van der Waals surface area (Å²) in [4.78, 5) is 10.7. The largest absolute Gasteiger partial charge is 0.478 e. The van der Waals surface area contributed by atoms with Gasteiger partial charge in [-0.25, -0.2) is 9.18 Å². The lowest BCUT2D eigenvalue weighted by atomic mass is 10.0. The predicted molar refractivity (Wildman–Crippen MR) is 65.2 cm³/mol. The van der Waals surface area contributed by atoms with Crippen LogP contribution in [0.3, 0.4) is 0 Å². The summed E-state index contributed by atoms with van der Waals surface area (Å²) in [5, 5.41) is 21.1. The van der Waals surface area contributed by atoms with E-state index < -0.39 is 11.8 Å². The van der Waals surface area contributed by atoms with Gasteiger partial charge in [-0.15, -0.1) is 0 Å². The lowest BCUT2D eigenvalue weighted by molar-refractivity contribution is 0.0692. The van der Waals surface area contributed by atoms with Crippen molar-refractivity contribution in [2.75, 3.05) is 11.9 Å². The summed E-state index contributed by atoms with van der Waals surface area (Å²) >= 11 is 0. The Hall–Kier alpha value is -1.62. The number of hydrogen-bond donors (Lipinski definition) is 3. The van der Waals surface area contributed by atoms with Crippen molar-refractivity contribution in [2.24, 2.45) is 5.92 Å². The molecule has 1 aliphatic carbocycles. The van der Waals surface area contributed by atoms with Gasteiger partial charge in [0.15, 0.2) is 0 Å². The van der Waals surface area contributed by atoms with E-state index in [9.17, 15) is 14.3 Å². The molecule has 5 heteroatoms. The topological polar surface area (TPSA) is 69.6 Å². The molecular formula is C13H16FNO3. The minimum absolute atomic E-state index is 0.118. The van der Waals surface area contributed by atoms with Gasteiger partial charge in [-0.2, -0.15) is 0 Å². The number of aliphatic hydroxyl groups is 1. The second-order valence-electron chi connectivity index (χ2n) is 4.62. The molecule has 1 aromatic rings. The summed E-state index contributed by atoms with van der Waals surface area (Å²) < 4.78 is 13.5. The summed E-state index contributed by atoms with van der Waals surface area (Å²) in [6.07, 6.45) is 2.94. The summed E-state index contributed by atoms with van der Waals surface area (Å²) in [6, 6.07) is 4.13. The normalized spacial score (nSPS) is 23.0. The Bertz CT molecular complexity index is 450. The van der Waals surface area contributed by atoms with Crippen LogP contribution in [0.1, 0.15) is 29.6 Å². The number of aliphatic hydroxyl groups excluding tert-OH is 1. The van der Waals surface area contributed by atoms with E-state index >= 15 is 0 Å². The maximum atomic E-state index is 13.5. The standard InChI is InChI=1S/C13H16FNO3/c14-11-6-9(4-5-10(11)13(17)18)15-12-3-1-2-8(12)7-16/h4-6,8,12,15-16H,1-3,7H2,(H,17,18). The number of carbonyl (C=O) groups is 1. The van der Waals surface area contributed by atoms with E-state index in [0.717, 1.165) is 19.3 Å². The Morgan fingerprint density at radius 1 is 1.44 bits per heavy atom. The molecule has 1 fully saturated rings. The van der Waals surface area contributed by atoms with Crippen LogP contribution in [-0.2, 0) is 0 Å². The number of carboxylic acids is 1. The summed E-state index contributed by atoms with van der Waals surface area (Å²) in [5.41, 5.74) is 0.230. The number of halogens is 1. The Kier molecular flexibility index (Phi) is 3.81. The summed E-state index contributed by atoms with van der Waals surface area (Å²) in [5.74, 6) is -1.83. The van der Waals surface area contributed by atoms with Crippen molar-refractivity contribution in [1.82, 2.24) is 0 Å². The number of anilines is 1. The molecule has 4 nitrogen and oxygen atoms in total. The van der Waals surface area contributed by atoms with Crippen LogP contribution in [-0.4, -0.2) is 28.8 Å². The highest BCUT2D eigenvalue weighted by Gasteiger charge is 2.26. The molecule has 0 bridgehead atoms. The van der Waals surface area contributed by atoms with Crippen LogP contribution in [0, 0.1) is 11.7 Å². The maximum Gasteiger partial charge on any atom is 0.338 e. The Labute approximate surface area is 104 Å². The van der Waals surface area contributed by atoms with Crippen LogP contribution in [0.4, 0.5) is 10.1 Å². The van der Waals surface area contributed by atoms with E-state index in [0.29, 0.717) is 5.69 Å². The van der Waals surface area contributed by atoms with Gasteiger partial charge in [0.1, 0.15) is 5.82 Å². The zero-order chi connectivity index (χ0) is 13.1. The van der Waals surface area contributed by atoms with Gasteiger partial charge in [0.25, 0.3) is 0 Å². The molecule has 1 aromatic carbocycles. The molecule has 18 heavy (non-hydrogen) atoms. The molecule has 0 heterocycles. The van der Waals surface area contributed by atoms with Crippen LogP contribution in [0.5, 0.6) is 0 Å². The molecule has 2 rings (SSSR count). The van der Waals surface area contributed by atoms with Gasteiger partial charge in [0, 0.05) is 24.3 Å². The van der Waals surface area contributed by atoms with E-state index in [4.69, 9.17) is 5.11 Å². The van der Waals surface area contributed by atoms with Crippen LogP contribution in [0.2, 0.25) is 0 Å². The molecule has 3 N–H and O–H groups in total. The van der Waals surface area contributed by atoms with E-state index in [1.165, 1.54) is 12.1 Å². The van der Waals surface area contributed by atoms with Gasteiger partial charge in [0.2, 0.25) is 0 Å². The average Bonchev–Trinajstić information content (AvgIpc) is 2.76. The molecule has 0 amide bonds. The minimum atomic E-state index is -1.27. The first-order valence-electron chi connectivity index (χ1n) is 6.02. The SMILES string of the molecule is O=C(O)c1ccc(NC2CCCC2CO)cc1F. The molecule has 0 aromatic heterocycles. The molecule has 0 aliphatic heterocycles. The van der Waals surface area contributed by atoms with Gasteiger partial charge in [0.05, 0.1) is 5.56 Å². The molecule has 98 valence electrons. The van der Waals surface area contributed by atoms with Crippen molar-refractivity contribution >= 4 is 11.7 Å². The molecule has 2 atom stereocenters. The Morgan fingerprint density at radius 2 is 2.22 bits per heavy atom. The van der Waals surface area contributed by atoms with Crippen molar-refractivity contribution in [3.8, 4) is 0 Å². The number of rotatable bonds is 4. The first-order chi connectivity index (χ1) is 8.61. The first-order valence-corrected chi connectivity index (χ1v) is 6.02. The third kappa shape index (κ3) is 2.61. The lowest BCUT2D eigenvalue weighted by Gasteiger charge is -2.20. The molecular weight excluding hydrogens is 237 g/mol. The maximum absolute atomic E-state index is 13.5. The highest BCUT2D eigenvalue weighted by atomic mass is 19.1.